The van der Waals surface area contributed by atoms with Crippen molar-refractivity contribution in [1.29, 1.82) is 0 Å². The molecule has 1 fully saturated rings. The molecule has 1 aromatic rings. The van der Waals surface area contributed by atoms with Gasteiger partial charge in [-0.15, -0.1) is 0 Å². The van der Waals surface area contributed by atoms with Crippen molar-refractivity contribution < 1.29 is 0 Å². The molecule has 0 radical (unpaired) electrons. The lowest BCUT2D eigenvalue weighted by atomic mass is 9.96. The molecule has 0 bridgehead atoms. The summed E-state index contributed by atoms with van der Waals surface area (Å²) in [6, 6.07) is 0. The maximum Gasteiger partial charge on any atom is 0.205 e. The van der Waals surface area contributed by atoms with Crippen LogP contribution in [0.25, 0.3) is 0 Å². The first-order chi connectivity index (χ1) is 9.40. The Balaban J connectivity index is 1.91. The van der Waals surface area contributed by atoms with Crippen LogP contribution in [0.1, 0.15) is 46.4 Å². The molecule has 1 unspecified atom stereocenters. The fourth-order valence-corrected chi connectivity index (χ4v) is 3.61. The zero-order valence-electron chi connectivity index (χ0n) is 13.5. The Hall–Kier alpha value is -0.680. The van der Waals surface area contributed by atoms with Crippen molar-refractivity contribution in [3.63, 3.8) is 0 Å². The van der Waals surface area contributed by atoms with Crippen molar-refractivity contribution in [2.24, 2.45) is 5.92 Å². The lowest BCUT2D eigenvalue weighted by molar-refractivity contribution is 0.287. The van der Waals surface area contributed by atoms with Crippen LogP contribution in [0, 0.1) is 5.92 Å². The smallest absolute Gasteiger partial charge is 0.205 e. The monoisotopic (exact) mass is 296 g/mol. The van der Waals surface area contributed by atoms with E-state index in [1.807, 2.05) is 0 Å². The highest BCUT2D eigenvalue weighted by molar-refractivity contribution is 7.09. The number of anilines is 1. The van der Waals surface area contributed by atoms with Crippen LogP contribution in [0.3, 0.4) is 0 Å². The lowest BCUT2D eigenvalue weighted by Gasteiger charge is -2.20. The van der Waals surface area contributed by atoms with Gasteiger partial charge in [0.15, 0.2) is 0 Å². The molecule has 0 amide bonds. The standard InChI is InChI=1S/C15H28N4S/c1-6-8-18(5)10-12-7-9-19(11-12)14-16-13(17-20-14)15(2,3)4/h12H,6-11H2,1-5H3. The third-order valence-corrected chi connectivity index (χ3v) is 4.59. The fourth-order valence-electron chi connectivity index (χ4n) is 2.72. The summed E-state index contributed by atoms with van der Waals surface area (Å²) >= 11 is 1.56. The van der Waals surface area contributed by atoms with Gasteiger partial charge in [0.1, 0.15) is 5.82 Å². The highest BCUT2D eigenvalue weighted by Gasteiger charge is 2.27. The first kappa shape index (κ1) is 15.7. The molecule has 1 aliphatic heterocycles. The van der Waals surface area contributed by atoms with Gasteiger partial charge in [-0.3, -0.25) is 0 Å². The third kappa shape index (κ3) is 3.92. The van der Waals surface area contributed by atoms with E-state index in [9.17, 15) is 0 Å². The largest absolute Gasteiger partial charge is 0.347 e. The van der Waals surface area contributed by atoms with Gasteiger partial charge in [0.25, 0.3) is 0 Å². The van der Waals surface area contributed by atoms with Gasteiger partial charge in [-0.05, 0) is 32.4 Å². The molecule has 5 heteroatoms. The van der Waals surface area contributed by atoms with Crippen LogP contribution in [0.15, 0.2) is 0 Å². The molecule has 2 heterocycles. The lowest BCUT2D eigenvalue weighted by Crippen LogP contribution is -2.28. The average Bonchev–Trinajstić information content (AvgIpc) is 2.95. The van der Waals surface area contributed by atoms with Crippen molar-refractivity contribution in [2.45, 2.75) is 46.0 Å². The second-order valence-electron chi connectivity index (χ2n) is 7.01. The molecule has 114 valence electrons. The van der Waals surface area contributed by atoms with Crippen molar-refractivity contribution >= 4 is 16.7 Å². The van der Waals surface area contributed by atoms with E-state index in [4.69, 9.17) is 4.98 Å². The van der Waals surface area contributed by atoms with Crippen LogP contribution in [0.4, 0.5) is 5.13 Å². The highest BCUT2D eigenvalue weighted by atomic mass is 32.1. The SMILES string of the molecule is CCCN(C)CC1CCN(c2nc(C(C)(C)C)ns2)C1. The van der Waals surface area contributed by atoms with Gasteiger partial charge in [0, 0.05) is 36.6 Å². The van der Waals surface area contributed by atoms with E-state index < -0.39 is 0 Å². The van der Waals surface area contributed by atoms with Gasteiger partial charge < -0.3 is 9.80 Å². The predicted octanol–water partition coefficient (Wildman–Crippen LogP) is 3.00. The Bertz CT molecular complexity index is 424. The second kappa shape index (κ2) is 6.39. The molecular weight excluding hydrogens is 268 g/mol. The molecular formula is C15H28N4S. The topological polar surface area (TPSA) is 32.3 Å². The normalized spacial score (nSPS) is 20.1. The van der Waals surface area contributed by atoms with Crippen molar-refractivity contribution in [3.05, 3.63) is 5.82 Å². The van der Waals surface area contributed by atoms with Crippen molar-refractivity contribution in [1.82, 2.24) is 14.3 Å². The van der Waals surface area contributed by atoms with E-state index >= 15 is 0 Å². The minimum absolute atomic E-state index is 0.0508. The van der Waals surface area contributed by atoms with E-state index in [-0.39, 0.29) is 5.41 Å². The quantitative estimate of drug-likeness (QED) is 0.836. The molecule has 1 saturated heterocycles. The first-order valence-electron chi connectivity index (χ1n) is 7.68. The zero-order valence-corrected chi connectivity index (χ0v) is 14.3. The molecule has 1 aromatic heterocycles. The van der Waals surface area contributed by atoms with E-state index in [0.717, 1.165) is 30.0 Å². The van der Waals surface area contributed by atoms with Gasteiger partial charge in [-0.1, -0.05) is 27.7 Å². The zero-order chi connectivity index (χ0) is 14.8. The van der Waals surface area contributed by atoms with Crippen LogP contribution in [0.5, 0.6) is 0 Å². The second-order valence-corrected chi connectivity index (χ2v) is 7.74. The Morgan fingerprint density at radius 3 is 2.75 bits per heavy atom. The van der Waals surface area contributed by atoms with E-state index in [0.29, 0.717) is 0 Å². The molecule has 2 rings (SSSR count). The summed E-state index contributed by atoms with van der Waals surface area (Å²) in [6.45, 7) is 13.4. The number of hydrogen-bond acceptors (Lipinski definition) is 5. The van der Waals surface area contributed by atoms with E-state index in [2.05, 4.69) is 48.9 Å². The molecule has 4 nitrogen and oxygen atoms in total. The summed E-state index contributed by atoms with van der Waals surface area (Å²) in [6.07, 6.45) is 2.51. The molecule has 1 atom stereocenters. The van der Waals surface area contributed by atoms with Crippen molar-refractivity contribution in [3.8, 4) is 0 Å². The number of rotatable bonds is 5. The number of nitrogens with zero attached hydrogens (tertiary/aromatic N) is 4. The summed E-state index contributed by atoms with van der Waals surface area (Å²) < 4.78 is 4.53. The van der Waals surface area contributed by atoms with Gasteiger partial charge >= 0.3 is 0 Å². The van der Waals surface area contributed by atoms with E-state index in [1.165, 1.54) is 25.9 Å². The summed E-state index contributed by atoms with van der Waals surface area (Å²) in [7, 11) is 2.23. The number of aromatic nitrogens is 2. The molecule has 1 aliphatic rings. The maximum atomic E-state index is 4.73. The molecule has 0 saturated carbocycles. The van der Waals surface area contributed by atoms with Crippen LogP contribution in [-0.4, -0.2) is 47.5 Å². The van der Waals surface area contributed by atoms with Crippen LogP contribution in [-0.2, 0) is 5.41 Å². The Labute approximate surface area is 127 Å². The Kier molecular flexibility index (Phi) is 5.02. The minimum atomic E-state index is 0.0508. The predicted molar refractivity (Wildman–Crippen MR) is 86.7 cm³/mol. The summed E-state index contributed by atoms with van der Waals surface area (Å²) in [4.78, 5) is 9.60. The van der Waals surface area contributed by atoms with E-state index in [1.54, 1.807) is 11.5 Å². The van der Waals surface area contributed by atoms with Gasteiger partial charge in [0.2, 0.25) is 5.13 Å². The molecule has 0 N–H and O–H groups in total. The minimum Gasteiger partial charge on any atom is -0.347 e. The van der Waals surface area contributed by atoms with Gasteiger partial charge in [-0.25, -0.2) is 4.98 Å². The third-order valence-electron chi connectivity index (χ3n) is 3.82. The first-order valence-corrected chi connectivity index (χ1v) is 8.45. The number of hydrogen-bond donors (Lipinski definition) is 0. The summed E-state index contributed by atoms with van der Waals surface area (Å²) in [5.74, 6) is 1.75. The molecule has 20 heavy (non-hydrogen) atoms. The molecule has 0 aliphatic carbocycles. The summed E-state index contributed by atoms with van der Waals surface area (Å²) in [5.41, 5.74) is 0.0508. The average molecular weight is 296 g/mol. The van der Waals surface area contributed by atoms with Gasteiger partial charge in [-0.2, -0.15) is 4.37 Å². The maximum absolute atomic E-state index is 4.73. The fraction of sp³-hybridized carbons (Fsp3) is 0.867. The van der Waals surface area contributed by atoms with Crippen molar-refractivity contribution in [2.75, 3.05) is 38.1 Å². The summed E-state index contributed by atoms with van der Waals surface area (Å²) in [5, 5.41) is 1.11. The molecule has 0 aromatic carbocycles. The van der Waals surface area contributed by atoms with Crippen LogP contribution in [0.2, 0.25) is 0 Å². The Morgan fingerprint density at radius 2 is 2.15 bits per heavy atom. The highest BCUT2D eigenvalue weighted by Crippen LogP contribution is 2.29. The van der Waals surface area contributed by atoms with Crippen LogP contribution < -0.4 is 4.90 Å². The molecule has 0 spiro atoms. The van der Waals surface area contributed by atoms with Gasteiger partial charge in [0.05, 0.1) is 0 Å². The van der Waals surface area contributed by atoms with Crippen LogP contribution >= 0.6 is 11.5 Å². The Morgan fingerprint density at radius 1 is 1.40 bits per heavy atom.